The minimum Gasteiger partial charge on any atom is -0.493 e. The van der Waals surface area contributed by atoms with E-state index in [-0.39, 0.29) is 30.5 Å². The van der Waals surface area contributed by atoms with Gasteiger partial charge in [-0.05, 0) is 36.6 Å². The predicted octanol–water partition coefficient (Wildman–Crippen LogP) is 0.0256. The molecule has 2 aliphatic heterocycles. The molecular weight excluding hydrogens is 516 g/mol. The van der Waals surface area contributed by atoms with Crippen molar-refractivity contribution >= 4 is 0 Å². The number of fused-ring (bicyclic) bond motifs is 1. The lowest BCUT2D eigenvalue weighted by Crippen LogP contribution is -2.60. The molecule has 0 saturated carbocycles. The smallest absolute Gasteiger partial charge is 0.229 e. The number of ether oxygens (including phenoxy) is 6. The fourth-order valence-electron chi connectivity index (χ4n) is 4.99. The van der Waals surface area contributed by atoms with Crippen LogP contribution >= 0.6 is 0 Å². The van der Waals surface area contributed by atoms with Gasteiger partial charge >= 0.3 is 0 Å². The van der Waals surface area contributed by atoms with E-state index < -0.39 is 49.3 Å². The fraction of sp³-hybridized carbons (Fsp3) is 0.556. The number of benzene rings is 2. The lowest BCUT2D eigenvalue weighted by Gasteiger charge is -2.39. The molecule has 2 aromatic rings. The molecule has 12 heteroatoms. The zero-order valence-corrected chi connectivity index (χ0v) is 22.0. The number of aliphatic hydroxyl groups is 6. The molecule has 7 atom stereocenters. The summed E-state index contributed by atoms with van der Waals surface area (Å²) < 4.78 is 34.3. The van der Waals surface area contributed by atoms with Crippen LogP contribution in [0.1, 0.15) is 35.1 Å². The summed E-state index contributed by atoms with van der Waals surface area (Å²) in [6, 6.07) is 7.07. The van der Waals surface area contributed by atoms with Gasteiger partial charge in [0.05, 0.1) is 40.5 Å². The summed E-state index contributed by atoms with van der Waals surface area (Å²) in [4.78, 5) is 0. The lowest BCUT2D eigenvalue weighted by atomic mass is 9.90. The van der Waals surface area contributed by atoms with Crippen LogP contribution in [0.2, 0.25) is 0 Å². The summed E-state index contributed by atoms with van der Waals surface area (Å²) in [6.07, 6.45) is -6.81. The minimum absolute atomic E-state index is 0.0491. The van der Waals surface area contributed by atoms with Crippen LogP contribution in [0, 0.1) is 0 Å². The highest BCUT2D eigenvalue weighted by Gasteiger charge is 2.45. The van der Waals surface area contributed by atoms with Gasteiger partial charge in [0.25, 0.3) is 0 Å². The van der Waals surface area contributed by atoms with Crippen molar-refractivity contribution < 1.29 is 59.1 Å². The Hall–Kier alpha value is -2.84. The Bertz CT molecular complexity index is 1100. The van der Waals surface area contributed by atoms with Gasteiger partial charge in [0.1, 0.15) is 30.5 Å². The van der Waals surface area contributed by atoms with Crippen LogP contribution in [0.15, 0.2) is 24.3 Å². The zero-order valence-electron chi connectivity index (χ0n) is 22.0. The Labute approximate surface area is 225 Å². The Kier molecular flexibility index (Phi) is 9.39. The number of methoxy groups -OCH3 is 3. The molecule has 216 valence electrons. The number of aliphatic hydroxyl groups excluding tert-OH is 6. The Morgan fingerprint density at radius 3 is 2.03 bits per heavy atom. The van der Waals surface area contributed by atoms with E-state index in [0.717, 1.165) is 11.1 Å². The van der Waals surface area contributed by atoms with Gasteiger partial charge in [-0.25, -0.2) is 0 Å². The molecule has 12 nitrogen and oxygen atoms in total. The zero-order chi connectivity index (χ0) is 28.3. The van der Waals surface area contributed by atoms with E-state index in [0.29, 0.717) is 29.9 Å². The molecular formula is C27H36O12. The number of aryl methyl sites for hydroxylation is 1. The van der Waals surface area contributed by atoms with Crippen molar-refractivity contribution in [1.82, 2.24) is 0 Å². The molecule has 0 radical (unpaired) electrons. The topological polar surface area (TPSA) is 177 Å². The first-order valence-corrected chi connectivity index (χ1v) is 12.6. The lowest BCUT2D eigenvalue weighted by molar-refractivity contribution is -0.277. The van der Waals surface area contributed by atoms with Crippen LogP contribution in [0.3, 0.4) is 0 Å². The third-order valence-electron chi connectivity index (χ3n) is 7.09. The molecule has 1 saturated heterocycles. The minimum atomic E-state index is -1.63. The van der Waals surface area contributed by atoms with Crippen LogP contribution in [-0.2, 0) is 11.2 Å². The van der Waals surface area contributed by atoms with Gasteiger partial charge in [-0.1, -0.05) is 6.07 Å². The highest BCUT2D eigenvalue weighted by molar-refractivity contribution is 5.58. The molecule has 2 aliphatic rings. The first-order chi connectivity index (χ1) is 18.8. The van der Waals surface area contributed by atoms with Gasteiger partial charge in [0.2, 0.25) is 12.0 Å². The molecule has 0 amide bonds. The third kappa shape index (κ3) is 5.59. The van der Waals surface area contributed by atoms with E-state index in [4.69, 9.17) is 28.4 Å². The third-order valence-corrected chi connectivity index (χ3v) is 7.09. The van der Waals surface area contributed by atoms with Crippen molar-refractivity contribution in [3.63, 3.8) is 0 Å². The van der Waals surface area contributed by atoms with Crippen LogP contribution in [0.25, 0.3) is 0 Å². The van der Waals surface area contributed by atoms with E-state index in [2.05, 4.69) is 0 Å². The SMILES string of the molecule is COc1cc([C@@H]2Oc3c(OC)cc(CCCO)cc3[C@@H]2CO)cc(OC)c1O[C@@H]1O[C@H](CO)[C@@H](O)[C@H](O)[C@H]1O. The second kappa shape index (κ2) is 12.6. The van der Waals surface area contributed by atoms with Gasteiger partial charge in [-0.15, -0.1) is 0 Å². The number of hydrogen-bond acceptors (Lipinski definition) is 12. The van der Waals surface area contributed by atoms with Crippen molar-refractivity contribution in [1.29, 1.82) is 0 Å². The Balaban J connectivity index is 1.68. The number of rotatable bonds is 11. The van der Waals surface area contributed by atoms with Crippen molar-refractivity contribution in [2.45, 2.75) is 55.6 Å². The second-order valence-electron chi connectivity index (χ2n) is 9.44. The van der Waals surface area contributed by atoms with Crippen LogP contribution in [0.5, 0.6) is 28.7 Å². The van der Waals surface area contributed by atoms with Crippen LogP contribution in [0.4, 0.5) is 0 Å². The highest BCUT2D eigenvalue weighted by atomic mass is 16.7. The summed E-state index contributed by atoms with van der Waals surface area (Å²) in [5.74, 6) is 1.00. The van der Waals surface area contributed by atoms with E-state index in [1.807, 2.05) is 12.1 Å². The van der Waals surface area contributed by atoms with E-state index >= 15 is 0 Å². The molecule has 1 fully saturated rings. The normalized spacial score (nSPS) is 28.0. The van der Waals surface area contributed by atoms with Crippen LogP contribution in [-0.4, -0.2) is 102 Å². The van der Waals surface area contributed by atoms with Crippen molar-refractivity contribution in [2.24, 2.45) is 0 Å². The molecule has 0 aliphatic carbocycles. The Morgan fingerprint density at radius 1 is 0.795 bits per heavy atom. The van der Waals surface area contributed by atoms with Crippen LogP contribution < -0.4 is 23.7 Å². The molecule has 0 bridgehead atoms. The monoisotopic (exact) mass is 552 g/mol. The predicted molar refractivity (Wildman–Crippen MR) is 136 cm³/mol. The molecule has 2 aromatic carbocycles. The number of hydrogen-bond donors (Lipinski definition) is 6. The standard InChI is InChI=1S/C27H36O12/c1-34-17-8-13(5-4-6-28)7-15-16(11-29)24(38-25(15)17)14-9-18(35-2)26(19(10-14)36-3)39-27-23(33)22(32)21(31)20(12-30)37-27/h7-10,16,20-24,27-33H,4-6,11-12H2,1-3H3/t16-,20+,21+,22-,23+,24-,27-/m0/s1. The molecule has 4 rings (SSSR count). The highest BCUT2D eigenvalue weighted by Crippen LogP contribution is 2.53. The first-order valence-electron chi connectivity index (χ1n) is 12.6. The van der Waals surface area contributed by atoms with Crippen molar-refractivity contribution in [3.8, 4) is 28.7 Å². The maximum absolute atomic E-state index is 10.4. The molecule has 2 heterocycles. The van der Waals surface area contributed by atoms with E-state index in [1.165, 1.54) is 21.3 Å². The maximum Gasteiger partial charge on any atom is 0.229 e. The molecule has 0 unspecified atom stereocenters. The summed E-state index contributed by atoms with van der Waals surface area (Å²) in [7, 11) is 4.35. The molecule has 39 heavy (non-hydrogen) atoms. The largest absolute Gasteiger partial charge is 0.493 e. The summed E-state index contributed by atoms with van der Waals surface area (Å²) in [5.41, 5.74) is 2.31. The van der Waals surface area contributed by atoms with E-state index in [9.17, 15) is 30.6 Å². The first kappa shape index (κ1) is 29.2. The van der Waals surface area contributed by atoms with Gasteiger partial charge in [0.15, 0.2) is 23.0 Å². The van der Waals surface area contributed by atoms with Crippen molar-refractivity contribution in [2.75, 3.05) is 41.2 Å². The summed E-state index contributed by atoms with van der Waals surface area (Å²) in [6.45, 7) is -0.775. The molecule has 0 aromatic heterocycles. The van der Waals surface area contributed by atoms with Gasteiger partial charge < -0.3 is 59.1 Å². The Morgan fingerprint density at radius 2 is 1.46 bits per heavy atom. The summed E-state index contributed by atoms with van der Waals surface area (Å²) >= 11 is 0. The average Bonchev–Trinajstić information content (AvgIpc) is 3.34. The average molecular weight is 553 g/mol. The van der Waals surface area contributed by atoms with Crippen molar-refractivity contribution in [3.05, 3.63) is 41.0 Å². The fourth-order valence-corrected chi connectivity index (χ4v) is 4.99. The maximum atomic E-state index is 10.4. The molecule has 6 N–H and O–H groups in total. The van der Waals surface area contributed by atoms with Gasteiger partial charge in [0, 0.05) is 17.7 Å². The second-order valence-corrected chi connectivity index (χ2v) is 9.44. The quantitative estimate of drug-likeness (QED) is 0.221. The van der Waals surface area contributed by atoms with Gasteiger partial charge in [-0.2, -0.15) is 0 Å². The van der Waals surface area contributed by atoms with E-state index in [1.54, 1.807) is 12.1 Å². The molecule has 0 spiro atoms. The van der Waals surface area contributed by atoms with Gasteiger partial charge in [-0.3, -0.25) is 0 Å². The summed E-state index contributed by atoms with van der Waals surface area (Å²) in [5, 5.41) is 59.7.